The first-order chi connectivity index (χ1) is 13.6. The fourth-order valence-corrected chi connectivity index (χ4v) is 3.96. The van der Waals surface area contributed by atoms with E-state index in [1.165, 1.54) is 0 Å². The fourth-order valence-electron chi connectivity index (χ4n) is 3.96. The molecule has 28 heavy (non-hydrogen) atoms. The third-order valence-corrected chi connectivity index (χ3v) is 4.90. The lowest BCUT2D eigenvalue weighted by molar-refractivity contribution is -0.505. The molecular weight excluding hydrogens is 356 g/mol. The second-order valence-electron chi connectivity index (χ2n) is 6.30. The molecule has 0 aliphatic heterocycles. The van der Waals surface area contributed by atoms with Crippen molar-refractivity contribution in [1.82, 2.24) is 0 Å². The average molecular weight is 384 g/mol. The van der Waals surface area contributed by atoms with Gasteiger partial charge in [0.1, 0.15) is 0 Å². The van der Waals surface area contributed by atoms with Crippen molar-refractivity contribution in [3.63, 3.8) is 0 Å². The molecule has 0 amide bonds. The molecule has 6 heteroatoms. The van der Waals surface area contributed by atoms with Crippen molar-refractivity contribution in [2.75, 3.05) is 26.4 Å². The van der Waals surface area contributed by atoms with Crippen molar-refractivity contribution in [3.05, 3.63) is 42.0 Å². The molecule has 1 aliphatic rings. The van der Waals surface area contributed by atoms with E-state index in [1.54, 1.807) is 19.9 Å². The molecule has 1 aromatic rings. The van der Waals surface area contributed by atoms with Crippen LogP contribution in [0, 0.1) is 34.0 Å². The SMILES string of the molecule is CCOC1(OCC)C(C=Cc2ccccc2)C(C#N)(C#N)C1(OCC)OCC. The summed E-state index contributed by atoms with van der Waals surface area (Å²) in [5.41, 5.74) is -0.672. The highest BCUT2D eigenvalue weighted by Gasteiger charge is 2.86. The number of ether oxygens (including phenoxy) is 4. The van der Waals surface area contributed by atoms with Gasteiger partial charge in [0, 0.05) is 26.4 Å². The fraction of sp³-hybridized carbons (Fsp3) is 0.545. The molecule has 0 spiro atoms. The van der Waals surface area contributed by atoms with Gasteiger partial charge in [-0.1, -0.05) is 42.5 Å². The highest BCUT2D eigenvalue weighted by molar-refractivity contribution is 5.53. The summed E-state index contributed by atoms with van der Waals surface area (Å²) < 4.78 is 24.0. The van der Waals surface area contributed by atoms with Gasteiger partial charge >= 0.3 is 0 Å². The Balaban J connectivity index is 2.66. The summed E-state index contributed by atoms with van der Waals surface area (Å²) in [7, 11) is 0. The molecule has 1 saturated carbocycles. The van der Waals surface area contributed by atoms with E-state index in [1.807, 2.05) is 50.3 Å². The summed E-state index contributed by atoms with van der Waals surface area (Å²) in [6, 6.07) is 14.0. The van der Waals surface area contributed by atoms with Crippen molar-refractivity contribution in [1.29, 1.82) is 10.5 Å². The van der Waals surface area contributed by atoms with Crippen LogP contribution >= 0.6 is 0 Å². The van der Waals surface area contributed by atoms with Crippen LogP contribution in [0.25, 0.3) is 6.08 Å². The van der Waals surface area contributed by atoms with Crippen molar-refractivity contribution in [3.8, 4) is 12.1 Å². The third-order valence-electron chi connectivity index (χ3n) is 4.90. The number of benzene rings is 1. The van der Waals surface area contributed by atoms with Gasteiger partial charge in [-0.15, -0.1) is 0 Å². The number of nitrogens with zero attached hydrogens (tertiary/aromatic N) is 2. The van der Waals surface area contributed by atoms with Crippen LogP contribution in [0.4, 0.5) is 0 Å². The van der Waals surface area contributed by atoms with Crippen LogP contribution in [0.2, 0.25) is 0 Å². The first-order valence-corrected chi connectivity index (χ1v) is 9.69. The molecule has 0 radical (unpaired) electrons. The van der Waals surface area contributed by atoms with E-state index >= 15 is 0 Å². The number of hydrogen-bond acceptors (Lipinski definition) is 6. The molecule has 1 aromatic carbocycles. The van der Waals surface area contributed by atoms with Crippen molar-refractivity contribution in [2.45, 2.75) is 39.3 Å². The smallest absolute Gasteiger partial charge is 0.258 e. The topological polar surface area (TPSA) is 84.5 Å². The molecule has 1 aliphatic carbocycles. The molecule has 2 rings (SSSR count). The zero-order chi connectivity index (χ0) is 20.7. The van der Waals surface area contributed by atoms with Gasteiger partial charge in [0.2, 0.25) is 11.2 Å². The third kappa shape index (κ3) is 3.13. The Kier molecular flexibility index (Phi) is 7.35. The van der Waals surface area contributed by atoms with Crippen LogP contribution in [0.15, 0.2) is 36.4 Å². The zero-order valence-corrected chi connectivity index (χ0v) is 17.0. The predicted molar refractivity (Wildman–Crippen MR) is 105 cm³/mol. The van der Waals surface area contributed by atoms with Crippen LogP contribution < -0.4 is 0 Å². The maximum Gasteiger partial charge on any atom is 0.258 e. The molecule has 1 atom stereocenters. The van der Waals surface area contributed by atoms with Gasteiger partial charge in [0.25, 0.3) is 5.79 Å². The first kappa shape index (κ1) is 22.1. The summed E-state index contributed by atoms with van der Waals surface area (Å²) in [6.45, 7) is 8.34. The van der Waals surface area contributed by atoms with Crippen molar-refractivity contribution >= 4 is 6.08 Å². The minimum atomic E-state index is -1.65. The van der Waals surface area contributed by atoms with Gasteiger partial charge in [-0.25, -0.2) is 0 Å². The minimum absolute atomic E-state index is 0.238. The Morgan fingerprint density at radius 1 is 0.857 bits per heavy atom. The molecule has 6 nitrogen and oxygen atoms in total. The lowest BCUT2D eigenvalue weighted by atomic mass is 9.51. The zero-order valence-electron chi connectivity index (χ0n) is 17.0. The summed E-state index contributed by atoms with van der Waals surface area (Å²) in [5.74, 6) is -3.75. The van der Waals surface area contributed by atoms with Gasteiger partial charge in [-0.05, 0) is 33.3 Å². The first-order valence-electron chi connectivity index (χ1n) is 9.69. The van der Waals surface area contributed by atoms with Crippen LogP contribution in [-0.2, 0) is 18.9 Å². The largest absolute Gasteiger partial charge is 0.345 e. The number of hydrogen-bond donors (Lipinski definition) is 0. The summed E-state index contributed by atoms with van der Waals surface area (Å²) in [5, 5.41) is 20.2. The molecular formula is C22H28N2O4. The van der Waals surface area contributed by atoms with E-state index in [9.17, 15) is 10.5 Å². The van der Waals surface area contributed by atoms with Crippen molar-refractivity contribution < 1.29 is 18.9 Å². The van der Waals surface area contributed by atoms with Crippen molar-refractivity contribution in [2.24, 2.45) is 11.3 Å². The summed E-state index contributed by atoms with van der Waals surface area (Å²) >= 11 is 0. The second-order valence-corrected chi connectivity index (χ2v) is 6.30. The molecule has 0 bridgehead atoms. The Morgan fingerprint density at radius 3 is 1.79 bits per heavy atom. The Morgan fingerprint density at radius 2 is 1.36 bits per heavy atom. The summed E-state index contributed by atoms with van der Waals surface area (Å²) in [6.07, 6.45) is 3.66. The molecule has 0 aromatic heterocycles. The highest BCUT2D eigenvalue weighted by Crippen LogP contribution is 2.66. The lowest BCUT2D eigenvalue weighted by Gasteiger charge is -2.65. The minimum Gasteiger partial charge on any atom is -0.345 e. The standard InChI is InChI=1S/C22H28N2O4/c1-5-25-21(26-6-2)19(15-14-18-12-10-9-11-13-18)20(16-23,17-24)22(21,27-7-3)28-8-4/h9-15,19H,5-8H2,1-4H3. The number of nitriles is 2. The molecule has 0 saturated heterocycles. The van der Waals surface area contributed by atoms with E-state index in [-0.39, 0.29) is 13.2 Å². The van der Waals surface area contributed by atoms with Gasteiger partial charge in [-0.2, -0.15) is 10.5 Å². The van der Waals surface area contributed by atoms with Gasteiger partial charge < -0.3 is 18.9 Å². The Labute approximate surface area is 167 Å². The number of rotatable bonds is 10. The Bertz CT molecular complexity index is 722. The maximum absolute atomic E-state index is 10.1. The van der Waals surface area contributed by atoms with Crippen LogP contribution in [0.5, 0.6) is 0 Å². The van der Waals surface area contributed by atoms with E-state index in [4.69, 9.17) is 18.9 Å². The quantitative estimate of drug-likeness (QED) is 0.569. The molecule has 1 fully saturated rings. The molecule has 0 heterocycles. The summed E-state index contributed by atoms with van der Waals surface area (Å²) in [4.78, 5) is 0. The van der Waals surface area contributed by atoms with Crippen LogP contribution in [0.1, 0.15) is 33.3 Å². The average Bonchev–Trinajstić information content (AvgIpc) is 2.71. The van der Waals surface area contributed by atoms with Gasteiger partial charge in [-0.3, -0.25) is 0 Å². The normalized spacial score (nSPS) is 21.6. The monoisotopic (exact) mass is 384 g/mol. The second kappa shape index (κ2) is 9.32. The highest BCUT2D eigenvalue weighted by atomic mass is 16.8. The molecule has 150 valence electrons. The molecule has 1 unspecified atom stereocenters. The van der Waals surface area contributed by atoms with Gasteiger partial charge in [0.15, 0.2) is 0 Å². The van der Waals surface area contributed by atoms with E-state index < -0.39 is 22.9 Å². The van der Waals surface area contributed by atoms with E-state index in [0.717, 1.165) is 5.56 Å². The van der Waals surface area contributed by atoms with Gasteiger partial charge in [0.05, 0.1) is 18.1 Å². The van der Waals surface area contributed by atoms with E-state index in [2.05, 4.69) is 12.1 Å². The maximum atomic E-state index is 10.1. The van der Waals surface area contributed by atoms with Crippen LogP contribution in [-0.4, -0.2) is 38.0 Å². The Hall–Kier alpha value is -2.22. The molecule has 0 N–H and O–H groups in total. The van der Waals surface area contributed by atoms with E-state index in [0.29, 0.717) is 13.2 Å². The predicted octanol–water partition coefficient (Wildman–Crippen LogP) is 3.90. The van der Waals surface area contributed by atoms with Crippen LogP contribution in [0.3, 0.4) is 0 Å². The lowest BCUT2D eigenvalue weighted by Crippen LogP contribution is -2.84.